The van der Waals surface area contributed by atoms with Crippen molar-refractivity contribution in [3.63, 3.8) is 0 Å². The standard InChI is InChI=1S/C7H4N2O5/c10-5-2-3(7(12)9-14)1-4(8-13)6(5)11/h1-2,10-11H. The minimum atomic E-state index is -1.16. The largest absolute Gasteiger partial charge is 0.504 e. The Morgan fingerprint density at radius 2 is 1.86 bits per heavy atom. The number of carbonyl (C=O) groups is 1. The lowest BCUT2D eigenvalue weighted by molar-refractivity contribution is 0.100. The number of rotatable bonds is 2. The van der Waals surface area contributed by atoms with Gasteiger partial charge in [0.05, 0.1) is 5.56 Å². The highest BCUT2D eigenvalue weighted by Gasteiger charge is 2.14. The summed E-state index contributed by atoms with van der Waals surface area (Å²) in [5.41, 5.74) is -0.845. The van der Waals surface area contributed by atoms with Gasteiger partial charge in [0.25, 0.3) is 0 Å². The summed E-state index contributed by atoms with van der Waals surface area (Å²) in [7, 11) is 0. The molecule has 2 N–H and O–H groups in total. The number of nitroso groups, excluding NO2 is 2. The molecule has 7 nitrogen and oxygen atoms in total. The molecule has 0 aliphatic heterocycles. The molecule has 0 spiro atoms. The van der Waals surface area contributed by atoms with Crippen LogP contribution in [-0.2, 0) is 0 Å². The van der Waals surface area contributed by atoms with Crippen LogP contribution in [0.25, 0.3) is 0 Å². The van der Waals surface area contributed by atoms with E-state index in [-0.39, 0.29) is 5.56 Å². The van der Waals surface area contributed by atoms with Crippen LogP contribution >= 0.6 is 0 Å². The first-order valence-electron chi connectivity index (χ1n) is 3.37. The molecule has 1 amide bonds. The van der Waals surface area contributed by atoms with E-state index in [2.05, 4.69) is 10.4 Å². The van der Waals surface area contributed by atoms with Gasteiger partial charge < -0.3 is 10.2 Å². The monoisotopic (exact) mass is 196 g/mol. The predicted molar refractivity (Wildman–Crippen MR) is 45.4 cm³/mol. The highest BCUT2D eigenvalue weighted by molar-refractivity contribution is 5.96. The van der Waals surface area contributed by atoms with Crippen LogP contribution in [0.15, 0.2) is 22.5 Å². The molecule has 0 aliphatic carbocycles. The zero-order valence-electron chi connectivity index (χ0n) is 6.67. The Balaban J connectivity index is 3.36. The molecule has 1 aromatic rings. The number of phenols is 2. The molecule has 1 aromatic carbocycles. The van der Waals surface area contributed by atoms with Crippen molar-refractivity contribution < 1.29 is 15.0 Å². The molecule has 0 aromatic heterocycles. The van der Waals surface area contributed by atoms with Crippen molar-refractivity contribution in [3.05, 3.63) is 27.5 Å². The molecule has 0 radical (unpaired) electrons. The highest BCUT2D eigenvalue weighted by atomic mass is 16.3. The number of amides is 1. The first kappa shape index (κ1) is 9.78. The van der Waals surface area contributed by atoms with E-state index in [1.165, 1.54) is 0 Å². The summed E-state index contributed by atoms with van der Waals surface area (Å²) in [5.74, 6) is -2.62. The lowest BCUT2D eigenvalue weighted by Gasteiger charge is -2.00. The fourth-order valence-electron chi connectivity index (χ4n) is 0.850. The Bertz CT molecular complexity index is 415. The Hall–Kier alpha value is -2.31. The van der Waals surface area contributed by atoms with E-state index >= 15 is 0 Å². The number of aromatic hydroxyl groups is 2. The molecular formula is C7H4N2O5. The number of hydrogen-bond acceptors (Lipinski definition) is 6. The Labute approximate surface area is 76.9 Å². The minimum Gasteiger partial charge on any atom is -0.504 e. The summed E-state index contributed by atoms with van der Waals surface area (Å²) in [6.07, 6.45) is 0. The Kier molecular flexibility index (Phi) is 2.52. The molecule has 0 bridgehead atoms. The topological polar surface area (TPSA) is 116 Å². The maximum absolute atomic E-state index is 10.7. The van der Waals surface area contributed by atoms with Crippen molar-refractivity contribution in [2.45, 2.75) is 0 Å². The van der Waals surface area contributed by atoms with Crippen molar-refractivity contribution in [3.8, 4) is 11.5 Å². The highest BCUT2D eigenvalue weighted by Crippen LogP contribution is 2.36. The van der Waals surface area contributed by atoms with E-state index in [4.69, 9.17) is 10.2 Å². The fraction of sp³-hybridized carbons (Fsp3) is 0. The molecule has 7 heteroatoms. The number of phenolic OH excluding ortho intramolecular Hbond substituents is 2. The van der Waals surface area contributed by atoms with Gasteiger partial charge in [-0.15, -0.1) is 9.81 Å². The maximum atomic E-state index is 10.7. The molecular weight excluding hydrogens is 192 g/mol. The van der Waals surface area contributed by atoms with E-state index in [0.29, 0.717) is 0 Å². The van der Waals surface area contributed by atoms with Crippen LogP contribution in [0.2, 0.25) is 0 Å². The lowest BCUT2D eigenvalue weighted by Crippen LogP contribution is -1.92. The molecule has 0 aliphatic rings. The lowest BCUT2D eigenvalue weighted by atomic mass is 10.1. The van der Waals surface area contributed by atoms with Crippen LogP contribution in [0.3, 0.4) is 0 Å². The van der Waals surface area contributed by atoms with Crippen molar-refractivity contribution in [1.29, 1.82) is 0 Å². The SMILES string of the molecule is O=NC(=O)c1cc(O)c(O)c(N=O)c1. The smallest absolute Gasteiger partial charge is 0.317 e. The van der Waals surface area contributed by atoms with Gasteiger partial charge in [-0.3, -0.25) is 4.79 Å². The number of hydrogen-bond donors (Lipinski definition) is 2. The first-order valence-corrected chi connectivity index (χ1v) is 3.37. The van der Waals surface area contributed by atoms with Gasteiger partial charge in [-0.05, 0) is 17.3 Å². The summed E-state index contributed by atoms with van der Waals surface area (Å²) in [4.78, 5) is 30.7. The van der Waals surface area contributed by atoms with Crippen LogP contribution in [0, 0.1) is 9.81 Å². The molecule has 0 heterocycles. The van der Waals surface area contributed by atoms with Gasteiger partial charge in [0.2, 0.25) is 0 Å². The second-order valence-corrected chi connectivity index (χ2v) is 2.35. The molecule has 14 heavy (non-hydrogen) atoms. The molecule has 0 unspecified atom stereocenters. The Morgan fingerprint density at radius 3 is 2.36 bits per heavy atom. The third-order valence-electron chi connectivity index (χ3n) is 1.50. The third kappa shape index (κ3) is 1.56. The summed E-state index contributed by atoms with van der Waals surface area (Å²) >= 11 is 0. The van der Waals surface area contributed by atoms with Crippen LogP contribution in [0.1, 0.15) is 10.4 Å². The van der Waals surface area contributed by atoms with Crippen LogP contribution in [-0.4, -0.2) is 16.1 Å². The molecule has 0 fully saturated rings. The maximum Gasteiger partial charge on any atom is 0.317 e. The van der Waals surface area contributed by atoms with Crippen LogP contribution in [0.5, 0.6) is 11.5 Å². The average Bonchev–Trinajstić information content (AvgIpc) is 2.20. The minimum absolute atomic E-state index is 0.315. The van der Waals surface area contributed by atoms with Gasteiger partial charge in [0.1, 0.15) is 0 Å². The van der Waals surface area contributed by atoms with Crippen LogP contribution < -0.4 is 0 Å². The van der Waals surface area contributed by atoms with Gasteiger partial charge in [0.15, 0.2) is 17.2 Å². The summed E-state index contributed by atoms with van der Waals surface area (Å²) in [6, 6.07) is 1.67. The van der Waals surface area contributed by atoms with Gasteiger partial charge in [-0.1, -0.05) is 0 Å². The van der Waals surface area contributed by atoms with Gasteiger partial charge in [0, 0.05) is 5.18 Å². The summed E-state index contributed by atoms with van der Waals surface area (Å²) < 4.78 is 0. The summed E-state index contributed by atoms with van der Waals surface area (Å²) in [5, 5.41) is 22.5. The Morgan fingerprint density at radius 1 is 1.21 bits per heavy atom. The molecule has 1 rings (SSSR count). The third-order valence-corrected chi connectivity index (χ3v) is 1.50. The van der Waals surface area contributed by atoms with E-state index < -0.39 is 23.1 Å². The second-order valence-electron chi connectivity index (χ2n) is 2.35. The molecule has 0 atom stereocenters. The van der Waals surface area contributed by atoms with Crippen molar-refractivity contribution >= 4 is 11.6 Å². The first-order chi connectivity index (χ1) is 6.60. The molecule has 0 saturated carbocycles. The molecule has 72 valence electrons. The van der Waals surface area contributed by atoms with Crippen molar-refractivity contribution in [1.82, 2.24) is 0 Å². The predicted octanol–water partition coefficient (Wildman–Crippen LogP) is 1.40. The fourth-order valence-corrected chi connectivity index (χ4v) is 0.850. The van der Waals surface area contributed by atoms with Gasteiger partial charge in [-0.2, -0.15) is 0 Å². The molecule has 0 saturated heterocycles. The van der Waals surface area contributed by atoms with E-state index in [1.807, 2.05) is 0 Å². The van der Waals surface area contributed by atoms with Gasteiger partial charge in [-0.25, -0.2) is 0 Å². The van der Waals surface area contributed by atoms with E-state index in [1.54, 1.807) is 0 Å². The van der Waals surface area contributed by atoms with E-state index in [9.17, 15) is 14.6 Å². The summed E-state index contributed by atoms with van der Waals surface area (Å²) in [6.45, 7) is 0. The van der Waals surface area contributed by atoms with Crippen molar-refractivity contribution in [2.24, 2.45) is 10.4 Å². The number of carbonyl (C=O) groups excluding carboxylic acids is 1. The normalized spacial score (nSPS) is 9.43. The van der Waals surface area contributed by atoms with Crippen LogP contribution in [0.4, 0.5) is 5.69 Å². The van der Waals surface area contributed by atoms with E-state index in [0.717, 1.165) is 12.1 Å². The number of benzene rings is 1. The van der Waals surface area contributed by atoms with Crippen molar-refractivity contribution in [2.75, 3.05) is 0 Å². The zero-order chi connectivity index (χ0) is 10.7. The quantitative estimate of drug-likeness (QED) is 0.547. The number of nitrogens with zero attached hydrogens (tertiary/aromatic N) is 2. The zero-order valence-corrected chi connectivity index (χ0v) is 6.67. The van der Waals surface area contributed by atoms with Gasteiger partial charge >= 0.3 is 5.91 Å². The second kappa shape index (κ2) is 3.60. The average molecular weight is 196 g/mol.